The van der Waals surface area contributed by atoms with Gasteiger partial charge in [-0.3, -0.25) is 0 Å². The van der Waals surface area contributed by atoms with Gasteiger partial charge in [0, 0.05) is 24.1 Å². The highest BCUT2D eigenvalue weighted by molar-refractivity contribution is 9.10. The average Bonchev–Trinajstić information content (AvgIpc) is 2.46. The molecule has 0 bridgehead atoms. The van der Waals surface area contributed by atoms with Crippen LogP contribution in [0.3, 0.4) is 0 Å². The minimum absolute atomic E-state index is 0.707. The molecule has 6 heteroatoms. The Labute approximate surface area is 135 Å². The number of nitrogens with one attached hydrogen (secondary N) is 1. The summed E-state index contributed by atoms with van der Waals surface area (Å²) in [6.07, 6.45) is 0. The number of hydrogen-bond acceptors (Lipinski definition) is 5. The van der Waals surface area contributed by atoms with Gasteiger partial charge in [-0.05, 0) is 31.8 Å². The highest BCUT2D eigenvalue weighted by atomic mass is 79.9. The molecule has 120 valence electrons. The molecule has 0 saturated heterocycles. The van der Waals surface area contributed by atoms with E-state index in [1.807, 2.05) is 26.2 Å². The van der Waals surface area contributed by atoms with Crippen LogP contribution in [0.5, 0.6) is 11.5 Å². The summed E-state index contributed by atoms with van der Waals surface area (Å²) < 4.78 is 17.1. The van der Waals surface area contributed by atoms with Crippen molar-refractivity contribution in [2.75, 3.05) is 54.6 Å². The second-order valence-corrected chi connectivity index (χ2v) is 5.75. The van der Waals surface area contributed by atoms with Crippen LogP contribution in [0, 0.1) is 0 Å². The van der Waals surface area contributed by atoms with Crippen molar-refractivity contribution in [1.82, 2.24) is 10.2 Å². The third kappa shape index (κ3) is 6.65. The average molecular weight is 361 g/mol. The van der Waals surface area contributed by atoms with Crippen molar-refractivity contribution in [1.29, 1.82) is 0 Å². The van der Waals surface area contributed by atoms with E-state index in [9.17, 15) is 0 Å². The monoisotopic (exact) mass is 360 g/mol. The van der Waals surface area contributed by atoms with Gasteiger partial charge in [-0.2, -0.15) is 0 Å². The first-order valence-electron chi connectivity index (χ1n) is 6.92. The van der Waals surface area contributed by atoms with Gasteiger partial charge in [-0.1, -0.05) is 15.9 Å². The van der Waals surface area contributed by atoms with Gasteiger partial charge in [0.25, 0.3) is 0 Å². The van der Waals surface area contributed by atoms with E-state index in [-0.39, 0.29) is 0 Å². The Morgan fingerprint density at radius 2 is 1.76 bits per heavy atom. The van der Waals surface area contributed by atoms with Crippen LogP contribution in [0.25, 0.3) is 0 Å². The van der Waals surface area contributed by atoms with Crippen molar-refractivity contribution in [3.05, 3.63) is 22.2 Å². The minimum atomic E-state index is 0.707. The molecular weight excluding hydrogens is 336 g/mol. The van der Waals surface area contributed by atoms with Gasteiger partial charge in [0.15, 0.2) is 11.5 Å². The van der Waals surface area contributed by atoms with Gasteiger partial charge in [0.2, 0.25) is 0 Å². The van der Waals surface area contributed by atoms with Gasteiger partial charge < -0.3 is 24.4 Å². The summed E-state index contributed by atoms with van der Waals surface area (Å²) in [6.45, 7) is 3.97. The number of methoxy groups -OCH3 is 2. The van der Waals surface area contributed by atoms with E-state index >= 15 is 0 Å². The number of ether oxygens (including phenoxy) is 3. The molecule has 1 rings (SSSR count). The standard InChI is InChI=1S/C15H25BrN2O3/c1-18(2)6-8-21-7-5-17-11-12-9-14(19-3)15(20-4)10-13(12)16/h9-10,17H,5-8,11H2,1-4H3. The Bertz CT molecular complexity index is 428. The largest absolute Gasteiger partial charge is 0.493 e. The highest BCUT2D eigenvalue weighted by Gasteiger charge is 2.09. The molecule has 0 saturated carbocycles. The van der Waals surface area contributed by atoms with Gasteiger partial charge in [-0.15, -0.1) is 0 Å². The molecule has 1 N–H and O–H groups in total. The van der Waals surface area contributed by atoms with Crippen LogP contribution in [0.1, 0.15) is 5.56 Å². The van der Waals surface area contributed by atoms with E-state index in [1.165, 1.54) is 0 Å². The number of benzene rings is 1. The highest BCUT2D eigenvalue weighted by Crippen LogP contribution is 2.33. The molecule has 0 spiro atoms. The smallest absolute Gasteiger partial charge is 0.161 e. The second kappa shape index (κ2) is 10.00. The summed E-state index contributed by atoms with van der Waals surface area (Å²) in [4.78, 5) is 2.11. The van der Waals surface area contributed by atoms with Crippen LogP contribution in [-0.2, 0) is 11.3 Å². The Hall–Kier alpha value is -0.820. The number of likely N-dealkylation sites (N-methyl/N-ethyl adjacent to an activating group) is 1. The quantitative estimate of drug-likeness (QED) is 0.647. The van der Waals surface area contributed by atoms with Crippen molar-refractivity contribution < 1.29 is 14.2 Å². The maximum absolute atomic E-state index is 5.53. The SMILES string of the molecule is COc1cc(Br)c(CNCCOCCN(C)C)cc1OC. The fraction of sp³-hybridized carbons (Fsp3) is 0.600. The molecule has 21 heavy (non-hydrogen) atoms. The molecule has 0 aliphatic heterocycles. The van der Waals surface area contributed by atoms with Crippen molar-refractivity contribution in [2.45, 2.75) is 6.54 Å². The summed E-state index contributed by atoms with van der Waals surface area (Å²) in [5, 5.41) is 3.35. The number of halogens is 1. The molecule has 0 aliphatic carbocycles. The predicted octanol–water partition coefficient (Wildman–Crippen LogP) is 2.13. The molecule has 1 aromatic rings. The second-order valence-electron chi connectivity index (χ2n) is 4.89. The van der Waals surface area contributed by atoms with Crippen LogP contribution < -0.4 is 14.8 Å². The summed E-state index contributed by atoms with van der Waals surface area (Å²) in [7, 11) is 7.35. The predicted molar refractivity (Wildman–Crippen MR) is 88.3 cm³/mol. The molecule has 0 fully saturated rings. The van der Waals surface area contributed by atoms with E-state index in [0.29, 0.717) is 6.61 Å². The first-order valence-corrected chi connectivity index (χ1v) is 7.71. The van der Waals surface area contributed by atoms with Crippen molar-refractivity contribution >= 4 is 15.9 Å². The lowest BCUT2D eigenvalue weighted by atomic mass is 10.2. The van der Waals surface area contributed by atoms with Crippen molar-refractivity contribution in [3.8, 4) is 11.5 Å². The van der Waals surface area contributed by atoms with Crippen molar-refractivity contribution in [2.24, 2.45) is 0 Å². The normalized spacial score (nSPS) is 11.0. The van der Waals surface area contributed by atoms with E-state index in [1.54, 1.807) is 14.2 Å². The van der Waals surface area contributed by atoms with E-state index in [4.69, 9.17) is 14.2 Å². The zero-order valence-electron chi connectivity index (χ0n) is 13.2. The molecule has 0 heterocycles. The van der Waals surface area contributed by atoms with E-state index in [0.717, 1.165) is 47.8 Å². The van der Waals surface area contributed by atoms with Crippen LogP contribution in [0.15, 0.2) is 16.6 Å². The van der Waals surface area contributed by atoms with Crippen LogP contribution in [0.4, 0.5) is 0 Å². The third-order valence-corrected chi connectivity index (χ3v) is 3.71. The summed E-state index contributed by atoms with van der Waals surface area (Å²) in [6, 6.07) is 3.90. The van der Waals surface area contributed by atoms with E-state index in [2.05, 4.69) is 26.1 Å². The molecule has 1 aromatic carbocycles. The van der Waals surface area contributed by atoms with E-state index < -0.39 is 0 Å². The topological polar surface area (TPSA) is 43.0 Å². The van der Waals surface area contributed by atoms with Gasteiger partial charge in [-0.25, -0.2) is 0 Å². The lowest BCUT2D eigenvalue weighted by Gasteiger charge is -2.13. The zero-order valence-corrected chi connectivity index (χ0v) is 14.8. The third-order valence-electron chi connectivity index (χ3n) is 2.97. The van der Waals surface area contributed by atoms with Gasteiger partial charge >= 0.3 is 0 Å². The maximum atomic E-state index is 5.53. The molecule has 0 aliphatic rings. The molecule has 0 radical (unpaired) electrons. The Morgan fingerprint density at radius 1 is 1.10 bits per heavy atom. The molecule has 5 nitrogen and oxygen atoms in total. The first kappa shape index (κ1) is 18.2. The summed E-state index contributed by atoms with van der Waals surface area (Å²) in [5.41, 5.74) is 1.13. The maximum Gasteiger partial charge on any atom is 0.161 e. The summed E-state index contributed by atoms with van der Waals surface area (Å²) in [5.74, 6) is 1.46. The van der Waals surface area contributed by atoms with Gasteiger partial charge in [0.05, 0.1) is 27.4 Å². The molecule has 0 atom stereocenters. The van der Waals surface area contributed by atoms with Crippen LogP contribution in [-0.4, -0.2) is 59.5 Å². The first-order chi connectivity index (χ1) is 10.1. The fourth-order valence-electron chi connectivity index (χ4n) is 1.75. The molecule has 0 unspecified atom stereocenters. The van der Waals surface area contributed by atoms with Crippen LogP contribution in [0.2, 0.25) is 0 Å². The molecular formula is C15H25BrN2O3. The minimum Gasteiger partial charge on any atom is -0.493 e. The van der Waals surface area contributed by atoms with Crippen LogP contribution >= 0.6 is 15.9 Å². The zero-order chi connectivity index (χ0) is 15.7. The Balaban J connectivity index is 2.35. The van der Waals surface area contributed by atoms with Gasteiger partial charge in [0.1, 0.15) is 0 Å². The summed E-state index contributed by atoms with van der Waals surface area (Å²) >= 11 is 3.55. The Morgan fingerprint density at radius 3 is 2.38 bits per heavy atom. The number of nitrogens with zero attached hydrogens (tertiary/aromatic N) is 1. The lowest BCUT2D eigenvalue weighted by Crippen LogP contribution is -2.23. The molecule has 0 amide bonds. The number of rotatable bonds is 10. The molecule has 0 aromatic heterocycles. The number of hydrogen-bond donors (Lipinski definition) is 1. The lowest BCUT2D eigenvalue weighted by molar-refractivity contribution is 0.119. The van der Waals surface area contributed by atoms with Crippen molar-refractivity contribution in [3.63, 3.8) is 0 Å². The Kier molecular flexibility index (Phi) is 8.68. The fourth-order valence-corrected chi connectivity index (χ4v) is 2.21.